The number of methoxy groups -OCH3 is 1. The number of carbonyl (C=O) groups excluding carboxylic acids is 2. The lowest BCUT2D eigenvalue weighted by Crippen LogP contribution is -2.54. The summed E-state index contributed by atoms with van der Waals surface area (Å²) in [7, 11) is 1.59. The molecule has 0 aromatic heterocycles. The van der Waals surface area contributed by atoms with Crippen LogP contribution in [0.4, 0.5) is 0 Å². The summed E-state index contributed by atoms with van der Waals surface area (Å²) in [6, 6.07) is 7.16. The Morgan fingerprint density at radius 1 is 1.17 bits per heavy atom. The molecule has 2 aliphatic rings. The fourth-order valence-electron chi connectivity index (χ4n) is 3.18. The van der Waals surface area contributed by atoms with Crippen molar-refractivity contribution in [2.24, 2.45) is 0 Å². The zero-order chi connectivity index (χ0) is 16.2. The summed E-state index contributed by atoms with van der Waals surface area (Å²) in [6.07, 6.45) is 1.98. The number of rotatable bonds is 3. The first-order valence-electron chi connectivity index (χ1n) is 8.14. The molecule has 7 heteroatoms. The van der Waals surface area contributed by atoms with Crippen LogP contribution in [0.3, 0.4) is 0 Å². The molecule has 2 fully saturated rings. The van der Waals surface area contributed by atoms with E-state index < -0.39 is 0 Å². The van der Waals surface area contributed by atoms with Crippen LogP contribution < -0.4 is 10.1 Å². The largest absolute Gasteiger partial charge is 0.497 e. The summed E-state index contributed by atoms with van der Waals surface area (Å²) in [5.41, 5.74) is 0.626. The highest BCUT2D eigenvalue weighted by atomic mass is 35.5. The van der Waals surface area contributed by atoms with E-state index in [4.69, 9.17) is 4.74 Å². The number of hydrogen-bond acceptors (Lipinski definition) is 4. The Hall–Kier alpha value is -1.79. The Morgan fingerprint density at radius 2 is 1.88 bits per heavy atom. The molecule has 1 aromatic carbocycles. The van der Waals surface area contributed by atoms with Crippen molar-refractivity contribution in [3.05, 3.63) is 29.8 Å². The SMILES string of the molecule is COc1cccc(C(=O)N2CCN(C(=O)C3CCCN3)CC2)c1.Cl. The van der Waals surface area contributed by atoms with E-state index in [9.17, 15) is 9.59 Å². The predicted octanol–water partition coefficient (Wildman–Crippen LogP) is 1.15. The highest BCUT2D eigenvalue weighted by molar-refractivity contribution is 5.94. The van der Waals surface area contributed by atoms with Gasteiger partial charge in [0.05, 0.1) is 13.2 Å². The standard InChI is InChI=1S/C17H23N3O3.ClH/c1-23-14-5-2-4-13(12-14)16(21)19-8-10-20(11-9-19)17(22)15-6-3-7-18-15;/h2,4-5,12,15,18H,3,6-11H2,1H3;1H. The van der Waals surface area contributed by atoms with Crippen LogP contribution in [-0.4, -0.2) is 67.5 Å². The van der Waals surface area contributed by atoms with Crippen LogP contribution in [0, 0.1) is 0 Å². The molecule has 2 heterocycles. The maximum atomic E-state index is 12.6. The van der Waals surface area contributed by atoms with E-state index in [0.29, 0.717) is 37.5 Å². The van der Waals surface area contributed by atoms with Gasteiger partial charge in [-0.2, -0.15) is 0 Å². The van der Waals surface area contributed by atoms with E-state index in [1.165, 1.54) is 0 Å². The molecule has 6 nitrogen and oxygen atoms in total. The van der Waals surface area contributed by atoms with E-state index in [2.05, 4.69) is 5.32 Å². The minimum atomic E-state index is -0.0318. The predicted molar refractivity (Wildman–Crippen MR) is 93.8 cm³/mol. The molecule has 2 amide bonds. The maximum absolute atomic E-state index is 12.6. The number of hydrogen-bond donors (Lipinski definition) is 1. The van der Waals surface area contributed by atoms with E-state index in [0.717, 1.165) is 19.4 Å². The van der Waals surface area contributed by atoms with Crippen molar-refractivity contribution in [2.45, 2.75) is 18.9 Å². The first-order chi connectivity index (χ1) is 11.2. The third-order valence-electron chi connectivity index (χ3n) is 4.55. The van der Waals surface area contributed by atoms with Crippen molar-refractivity contribution in [3.63, 3.8) is 0 Å². The second-order valence-electron chi connectivity index (χ2n) is 6.00. The van der Waals surface area contributed by atoms with Gasteiger partial charge >= 0.3 is 0 Å². The molecule has 3 rings (SSSR count). The quantitative estimate of drug-likeness (QED) is 0.885. The normalized spacial score (nSPS) is 20.5. The Kier molecular flexibility index (Phi) is 6.45. The van der Waals surface area contributed by atoms with Crippen LogP contribution in [0.5, 0.6) is 5.75 Å². The van der Waals surface area contributed by atoms with E-state index in [1.807, 2.05) is 17.0 Å². The summed E-state index contributed by atoms with van der Waals surface area (Å²) >= 11 is 0. The van der Waals surface area contributed by atoms with Gasteiger partial charge in [-0.15, -0.1) is 12.4 Å². The van der Waals surface area contributed by atoms with Gasteiger partial charge in [0.1, 0.15) is 5.75 Å². The molecule has 1 atom stereocenters. The van der Waals surface area contributed by atoms with E-state index in [-0.39, 0.29) is 30.3 Å². The Balaban J connectivity index is 0.00000208. The van der Waals surface area contributed by atoms with Gasteiger partial charge in [-0.1, -0.05) is 6.07 Å². The molecule has 1 unspecified atom stereocenters. The average Bonchev–Trinajstić information content (AvgIpc) is 3.15. The molecule has 0 saturated carbocycles. The molecular weight excluding hydrogens is 330 g/mol. The minimum absolute atomic E-state index is 0. The van der Waals surface area contributed by atoms with Crippen LogP contribution in [0.15, 0.2) is 24.3 Å². The summed E-state index contributed by atoms with van der Waals surface area (Å²) in [5, 5.41) is 3.24. The smallest absolute Gasteiger partial charge is 0.254 e. The van der Waals surface area contributed by atoms with Gasteiger partial charge in [0.2, 0.25) is 5.91 Å². The Morgan fingerprint density at radius 3 is 2.50 bits per heavy atom. The summed E-state index contributed by atoms with van der Waals surface area (Å²) < 4.78 is 5.17. The summed E-state index contributed by atoms with van der Waals surface area (Å²) in [6.45, 7) is 3.28. The van der Waals surface area contributed by atoms with Crippen LogP contribution in [0.1, 0.15) is 23.2 Å². The van der Waals surface area contributed by atoms with Gasteiger partial charge < -0.3 is 19.9 Å². The topological polar surface area (TPSA) is 61.9 Å². The highest BCUT2D eigenvalue weighted by Crippen LogP contribution is 2.16. The second kappa shape index (κ2) is 8.35. The zero-order valence-electron chi connectivity index (χ0n) is 13.9. The zero-order valence-corrected chi connectivity index (χ0v) is 14.7. The van der Waals surface area contributed by atoms with Gasteiger partial charge in [0.25, 0.3) is 5.91 Å². The van der Waals surface area contributed by atoms with E-state index in [1.54, 1.807) is 24.1 Å². The second-order valence-corrected chi connectivity index (χ2v) is 6.00. The molecule has 132 valence electrons. The van der Waals surface area contributed by atoms with Gasteiger partial charge in [-0.25, -0.2) is 0 Å². The van der Waals surface area contributed by atoms with Crippen molar-refractivity contribution >= 4 is 24.2 Å². The number of piperazine rings is 1. The molecule has 2 aliphatic heterocycles. The molecule has 0 radical (unpaired) electrons. The first kappa shape index (κ1) is 18.5. The lowest BCUT2D eigenvalue weighted by atomic mass is 10.1. The Labute approximate surface area is 148 Å². The number of nitrogens with zero attached hydrogens (tertiary/aromatic N) is 2. The highest BCUT2D eigenvalue weighted by Gasteiger charge is 2.30. The summed E-state index contributed by atoms with van der Waals surface area (Å²) in [4.78, 5) is 28.6. The fourth-order valence-corrected chi connectivity index (χ4v) is 3.18. The van der Waals surface area contributed by atoms with Crippen molar-refractivity contribution in [3.8, 4) is 5.75 Å². The molecule has 1 N–H and O–H groups in total. The van der Waals surface area contributed by atoms with Gasteiger partial charge in [0, 0.05) is 31.7 Å². The Bertz CT molecular complexity index is 582. The molecule has 0 aliphatic carbocycles. The van der Waals surface area contributed by atoms with Crippen LogP contribution in [0.2, 0.25) is 0 Å². The van der Waals surface area contributed by atoms with Crippen LogP contribution >= 0.6 is 12.4 Å². The molecule has 2 saturated heterocycles. The maximum Gasteiger partial charge on any atom is 0.254 e. The molecule has 24 heavy (non-hydrogen) atoms. The molecule has 0 spiro atoms. The molecular formula is C17H24ClN3O3. The number of ether oxygens (including phenoxy) is 1. The number of halogens is 1. The number of benzene rings is 1. The molecule has 0 bridgehead atoms. The van der Waals surface area contributed by atoms with Crippen LogP contribution in [-0.2, 0) is 4.79 Å². The number of amides is 2. The van der Waals surface area contributed by atoms with Gasteiger partial charge in [0.15, 0.2) is 0 Å². The third-order valence-corrected chi connectivity index (χ3v) is 4.55. The lowest BCUT2D eigenvalue weighted by molar-refractivity contribution is -0.134. The van der Waals surface area contributed by atoms with Gasteiger partial charge in [-0.05, 0) is 37.6 Å². The van der Waals surface area contributed by atoms with Crippen molar-refractivity contribution in [2.75, 3.05) is 39.8 Å². The first-order valence-corrected chi connectivity index (χ1v) is 8.14. The molecule has 1 aromatic rings. The lowest BCUT2D eigenvalue weighted by Gasteiger charge is -2.36. The van der Waals surface area contributed by atoms with Crippen molar-refractivity contribution in [1.29, 1.82) is 0 Å². The van der Waals surface area contributed by atoms with Gasteiger partial charge in [-0.3, -0.25) is 9.59 Å². The number of nitrogens with one attached hydrogen (secondary N) is 1. The monoisotopic (exact) mass is 353 g/mol. The van der Waals surface area contributed by atoms with Crippen molar-refractivity contribution < 1.29 is 14.3 Å². The third kappa shape index (κ3) is 3.99. The fraction of sp³-hybridized carbons (Fsp3) is 0.529. The average molecular weight is 354 g/mol. The van der Waals surface area contributed by atoms with Crippen molar-refractivity contribution in [1.82, 2.24) is 15.1 Å². The van der Waals surface area contributed by atoms with E-state index >= 15 is 0 Å². The minimum Gasteiger partial charge on any atom is -0.497 e. The van der Waals surface area contributed by atoms with Crippen LogP contribution in [0.25, 0.3) is 0 Å². The number of carbonyl (C=O) groups is 2. The summed E-state index contributed by atoms with van der Waals surface area (Å²) in [5.74, 6) is 0.850.